The van der Waals surface area contributed by atoms with Gasteiger partial charge in [0.25, 0.3) is 0 Å². The summed E-state index contributed by atoms with van der Waals surface area (Å²) in [4.78, 5) is 20.7. The molecule has 0 radical (unpaired) electrons. The average Bonchev–Trinajstić information content (AvgIpc) is 2.98. The number of ether oxygens (including phenoxy) is 1. The summed E-state index contributed by atoms with van der Waals surface area (Å²) in [5, 5.41) is 1.03. The first kappa shape index (κ1) is 15.1. The topological polar surface area (TPSA) is 45.7 Å². The van der Waals surface area contributed by atoms with E-state index in [-0.39, 0.29) is 5.91 Å². The average molecular weight is 319 g/mol. The predicted octanol–water partition coefficient (Wildman–Crippen LogP) is 2.75. The maximum atomic E-state index is 11.7. The van der Waals surface area contributed by atoms with Crippen molar-refractivity contribution in [3.8, 4) is 5.75 Å². The number of anilines is 1. The molecule has 2 heterocycles. The molecule has 118 valence electrons. The fraction of sp³-hybridized carbons (Fsp3) is 0.500. The molecule has 0 saturated carbocycles. The zero-order valence-electron chi connectivity index (χ0n) is 13.0. The molecule has 22 heavy (non-hydrogen) atoms. The van der Waals surface area contributed by atoms with Gasteiger partial charge in [0.1, 0.15) is 5.75 Å². The van der Waals surface area contributed by atoms with Crippen LogP contribution in [0.1, 0.15) is 20.3 Å². The van der Waals surface area contributed by atoms with Crippen molar-refractivity contribution >= 4 is 32.6 Å². The van der Waals surface area contributed by atoms with Gasteiger partial charge in [-0.3, -0.25) is 4.79 Å². The second-order valence-electron chi connectivity index (χ2n) is 5.28. The summed E-state index contributed by atoms with van der Waals surface area (Å²) in [5.74, 6) is 1.13. The molecular weight excluding hydrogens is 298 g/mol. The van der Waals surface area contributed by atoms with Crippen LogP contribution in [0, 0.1) is 0 Å². The fourth-order valence-electron chi connectivity index (χ4n) is 2.66. The van der Waals surface area contributed by atoms with Crippen molar-refractivity contribution in [2.75, 3.05) is 37.7 Å². The number of amides is 1. The van der Waals surface area contributed by atoms with Gasteiger partial charge < -0.3 is 14.5 Å². The Kier molecular flexibility index (Phi) is 4.47. The highest BCUT2D eigenvalue weighted by molar-refractivity contribution is 7.22. The molecule has 3 rings (SSSR count). The highest BCUT2D eigenvalue weighted by atomic mass is 32.1. The summed E-state index contributed by atoms with van der Waals surface area (Å²) in [6, 6.07) is 6.03. The lowest BCUT2D eigenvalue weighted by Crippen LogP contribution is -2.48. The van der Waals surface area contributed by atoms with Crippen molar-refractivity contribution in [3.05, 3.63) is 18.2 Å². The van der Waals surface area contributed by atoms with E-state index in [9.17, 15) is 4.79 Å². The zero-order valence-corrected chi connectivity index (χ0v) is 13.9. The minimum Gasteiger partial charge on any atom is -0.494 e. The van der Waals surface area contributed by atoms with Crippen molar-refractivity contribution in [2.24, 2.45) is 0 Å². The molecule has 2 aromatic rings. The molecule has 0 atom stereocenters. The minimum atomic E-state index is 0.241. The number of hydrogen-bond donors (Lipinski definition) is 0. The molecule has 1 amide bonds. The van der Waals surface area contributed by atoms with Crippen LogP contribution in [0.3, 0.4) is 0 Å². The first-order valence-electron chi connectivity index (χ1n) is 7.77. The number of rotatable bonds is 4. The predicted molar refractivity (Wildman–Crippen MR) is 89.9 cm³/mol. The van der Waals surface area contributed by atoms with Crippen molar-refractivity contribution < 1.29 is 9.53 Å². The van der Waals surface area contributed by atoms with E-state index in [1.54, 1.807) is 11.3 Å². The molecule has 6 heteroatoms. The Morgan fingerprint density at radius 1 is 1.27 bits per heavy atom. The van der Waals surface area contributed by atoms with Crippen LogP contribution in [0.25, 0.3) is 10.2 Å². The Balaban J connectivity index is 1.73. The van der Waals surface area contributed by atoms with Gasteiger partial charge in [-0.05, 0) is 25.1 Å². The number of hydrogen-bond acceptors (Lipinski definition) is 5. The number of carbonyl (C=O) groups is 1. The highest BCUT2D eigenvalue weighted by Crippen LogP contribution is 2.31. The summed E-state index contributed by atoms with van der Waals surface area (Å²) < 4.78 is 6.69. The molecule has 1 saturated heterocycles. The van der Waals surface area contributed by atoms with Crippen LogP contribution in [0.5, 0.6) is 5.75 Å². The van der Waals surface area contributed by atoms with Gasteiger partial charge >= 0.3 is 0 Å². The van der Waals surface area contributed by atoms with Crippen LogP contribution >= 0.6 is 11.3 Å². The van der Waals surface area contributed by atoms with Crippen LogP contribution in [-0.4, -0.2) is 48.6 Å². The lowest BCUT2D eigenvalue weighted by Gasteiger charge is -2.34. The van der Waals surface area contributed by atoms with Gasteiger partial charge in [-0.1, -0.05) is 18.3 Å². The van der Waals surface area contributed by atoms with E-state index in [1.807, 2.05) is 30.9 Å². The van der Waals surface area contributed by atoms with Gasteiger partial charge in [-0.2, -0.15) is 0 Å². The van der Waals surface area contributed by atoms with Gasteiger partial charge in [0.2, 0.25) is 5.91 Å². The minimum absolute atomic E-state index is 0.241. The lowest BCUT2D eigenvalue weighted by molar-refractivity contribution is -0.131. The van der Waals surface area contributed by atoms with Crippen LogP contribution < -0.4 is 9.64 Å². The maximum absolute atomic E-state index is 11.7. The molecule has 1 aliphatic rings. The number of carbonyl (C=O) groups excluding carboxylic acids is 1. The van der Waals surface area contributed by atoms with Crippen LogP contribution in [-0.2, 0) is 4.79 Å². The van der Waals surface area contributed by atoms with E-state index in [1.165, 1.54) is 0 Å². The van der Waals surface area contributed by atoms with Crippen molar-refractivity contribution in [3.63, 3.8) is 0 Å². The van der Waals surface area contributed by atoms with Crippen LogP contribution in [0.4, 0.5) is 5.13 Å². The molecule has 1 fully saturated rings. The SMILES string of the molecule is CCOc1ccc2nc(N3CCN(C(=O)CC)CC3)sc2c1. The molecule has 1 aromatic carbocycles. The number of fused-ring (bicyclic) bond motifs is 1. The maximum Gasteiger partial charge on any atom is 0.222 e. The molecule has 5 nitrogen and oxygen atoms in total. The smallest absolute Gasteiger partial charge is 0.222 e. The van der Waals surface area contributed by atoms with Gasteiger partial charge in [-0.15, -0.1) is 0 Å². The van der Waals surface area contributed by atoms with E-state index in [0.29, 0.717) is 13.0 Å². The molecular formula is C16H21N3O2S. The van der Waals surface area contributed by atoms with E-state index < -0.39 is 0 Å². The summed E-state index contributed by atoms with van der Waals surface area (Å²) in [6.07, 6.45) is 0.585. The van der Waals surface area contributed by atoms with Crippen molar-refractivity contribution in [1.82, 2.24) is 9.88 Å². The van der Waals surface area contributed by atoms with Gasteiger partial charge in [0.05, 0.1) is 16.8 Å². The molecule has 1 aromatic heterocycles. The Bertz CT molecular complexity index is 662. The zero-order chi connectivity index (χ0) is 15.5. The number of benzene rings is 1. The standard InChI is InChI=1S/C16H21N3O2S/c1-3-15(20)18-7-9-19(10-8-18)16-17-13-6-5-12(21-4-2)11-14(13)22-16/h5-6,11H,3-4,7-10H2,1-2H3. The summed E-state index contributed by atoms with van der Waals surface area (Å²) >= 11 is 1.69. The fourth-order valence-corrected chi connectivity index (χ4v) is 3.70. The van der Waals surface area contributed by atoms with E-state index in [4.69, 9.17) is 9.72 Å². The third-order valence-corrected chi connectivity index (χ3v) is 4.94. The first-order chi connectivity index (χ1) is 10.7. The summed E-state index contributed by atoms with van der Waals surface area (Å²) in [5.41, 5.74) is 1.01. The van der Waals surface area contributed by atoms with Crippen molar-refractivity contribution in [2.45, 2.75) is 20.3 Å². The Morgan fingerprint density at radius 3 is 2.73 bits per heavy atom. The third kappa shape index (κ3) is 3.02. The van der Waals surface area contributed by atoms with E-state index in [0.717, 1.165) is 47.3 Å². The molecule has 0 spiro atoms. The lowest BCUT2D eigenvalue weighted by atomic mass is 10.3. The molecule has 0 bridgehead atoms. The van der Waals surface area contributed by atoms with E-state index in [2.05, 4.69) is 11.0 Å². The largest absolute Gasteiger partial charge is 0.494 e. The van der Waals surface area contributed by atoms with Crippen LogP contribution in [0.2, 0.25) is 0 Å². The van der Waals surface area contributed by atoms with Gasteiger partial charge in [0, 0.05) is 32.6 Å². The van der Waals surface area contributed by atoms with E-state index >= 15 is 0 Å². The first-order valence-corrected chi connectivity index (χ1v) is 8.59. The summed E-state index contributed by atoms with van der Waals surface area (Å²) in [7, 11) is 0. The number of piperazine rings is 1. The second kappa shape index (κ2) is 6.52. The molecule has 1 aliphatic heterocycles. The second-order valence-corrected chi connectivity index (χ2v) is 6.29. The Hall–Kier alpha value is -1.82. The van der Waals surface area contributed by atoms with Crippen LogP contribution in [0.15, 0.2) is 18.2 Å². The normalized spacial score (nSPS) is 15.4. The van der Waals surface area contributed by atoms with Gasteiger partial charge in [0.15, 0.2) is 5.13 Å². The quantitative estimate of drug-likeness (QED) is 0.869. The van der Waals surface area contributed by atoms with Crippen molar-refractivity contribution in [1.29, 1.82) is 0 Å². The van der Waals surface area contributed by atoms with Gasteiger partial charge in [-0.25, -0.2) is 4.98 Å². The number of thiazole rings is 1. The monoisotopic (exact) mass is 319 g/mol. The molecule has 0 N–H and O–H groups in total. The third-order valence-electron chi connectivity index (χ3n) is 3.86. The molecule has 0 unspecified atom stereocenters. The summed E-state index contributed by atoms with van der Waals surface area (Å²) in [6.45, 7) is 7.84. The number of aromatic nitrogens is 1. The Morgan fingerprint density at radius 2 is 2.05 bits per heavy atom. The Labute approximate surface area is 134 Å². The number of nitrogens with zero attached hydrogens (tertiary/aromatic N) is 3. The molecule has 0 aliphatic carbocycles. The highest BCUT2D eigenvalue weighted by Gasteiger charge is 2.22.